The zero-order valence-electron chi connectivity index (χ0n) is 16.9. The van der Waals surface area contributed by atoms with Crippen molar-refractivity contribution in [3.63, 3.8) is 0 Å². The second kappa shape index (κ2) is 9.84. The van der Waals surface area contributed by atoms with Crippen LogP contribution in [0.5, 0.6) is 5.75 Å². The molecule has 4 aromatic rings. The Morgan fingerprint density at radius 1 is 1.09 bits per heavy atom. The van der Waals surface area contributed by atoms with E-state index in [9.17, 15) is 17.6 Å². The molecule has 0 unspecified atom stereocenters. The third-order valence-electron chi connectivity index (χ3n) is 4.30. The standard InChI is InChI=1S/C22H17FN4O4S2/c23-16-7-11-18(12-8-16)33(29,30)31-17-9-5-15(6-10-17)13-24-27-21(28)14-32-22-25-19-3-1-2-4-20(19)26-22/h1-13H,14H2,(H,25,26)(H,27,28)/b24-13-. The molecule has 0 atom stereocenters. The number of amides is 1. The van der Waals surface area contributed by atoms with Gasteiger partial charge in [-0.25, -0.2) is 14.8 Å². The minimum absolute atomic E-state index is 0.0859. The number of nitrogens with zero attached hydrogens (tertiary/aromatic N) is 2. The normalized spacial score (nSPS) is 11.7. The summed E-state index contributed by atoms with van der Waals surface area (Å²) in [5.41, 5.74) is 4.77. The molecule has 0 saturated heterocycles. The van der Waals surface area contributed by atoms with Crippen LogP contribution in [0, 0.1) is 5.82 Å². The molecule has 2 N–H and O–H groups in total. The molecule has 0 spiro atoms. The quantitative estimate of drug-likeness (QED) is 0.171. The Morgan fingerprint density at radius 2 is 1.82 bits per heavy atom. The first-order valence-electron chi connectivity index (χ1n) is 9.59. The Balaban J connectivity index is 1.27. The summed E-state index contributed by atoms with van der Waals surface area (Å²) in [7, 11) is -4.08. The number of benzene rings is 3. The molecule has 33 heavy (non-hydrogen) atoms. The minimum atomic E-state index is -4.08. The van der Waals surface area contributed by atoms with Gasteiger partial charge in [0.05, 0.1) is 23.0 Å². The summed E-state index contributed by atoms with van der Waals surface area (Å²) in [6, 6.07) is 18.0. The van der Waals surface area contributed by atoms with Crippen LogP contribution in [0.3, 0.4) is 0 Å². The third kappa shape index (κ3) is 5.96. The van der Waals surface area contributed by atoms with Crippen molar-refractivity contribution in [2.24, 2.45) is 5.10 Å². The maximum absolute atomic E-state index is 13.0. The van der Waals surface area contributed by atoms with Crippen LogP contribution in [0.25, 0.3) is 11.0 Å². The van der Waals surface area contributed by atoms with Gasteiger partial charge in [0.2, 0.25) is 0 Å². The molecule has 0 aliphatic heterocycles. The molecule has 0 aliphatic rings. The van der Waals surface area contributed by atoms with Crippen molar-refractivity contribution < 1.29 is 21.8 Å². The molecule has 1 heterocycles. The third-order valence-corrected chi connectivity index (χ3v) is 6.43. The van der Waals surface area contributed by atoms with E-state index in [0.717, 1.165) is 35.3 Å². The number of thioether (sulfide) groups is 1. The van der Waals surface area contributed by atoms with Crippen molar-refractivity contribution in [2.75, 3.05) is 5.75 Å². The first kappa shape index (κ1) is 22.5. The second-order valence-corrected chi connectivity index (χ2v) is 9.21. The predicted molar refractivity (Wildman–Crippen MR) is 123 cm³/mol. The number of carbonyl (C=O) groups is 1. The molecule has 11 heteroatoms. The van der Waals surface area contributed by atoms with Crippen LogP contribution in [-0.4, -0.2) is 36.3 Å². The molecular formula is C22H17FN4O4S2. The molecule has 0 saturated carbocycles. The van der Waals surface area contributed by atoms with Gasteiger partial charge in [0.15, 0.2) is 5.16 Å². The number of aromatic amines is 1. The number of rotatable bonds is 8. The van der Waals surface area contributed by atoms with Gasteiger partial charge < -0.3 is 9.17 Å². The Hall–Kier alpha value is -3.70. The molecule has 8 nitrogen and oxygen atoms in total. The lowest BCUT2D eigenvalue weighted by Crippen LogP contribution is -2.19. The largest absolute Gasteiger partial charge is 0.379 e. The topological polar surface area (TPSA) is 114 Å². The minimum Gasteiger partial charge on any atom is -0.379 e. The van der Waals surface area contributed by atoms with Crippen molar-refractivity contribution in [2.45, 2.75) is 10.1 Å². The van der Waals surface area contributed by atoms with E-state index in [1.165, 1.54) is 30.1 Å². The zero-order valence-corrected chi connectivity index (χ0v) is 18.6. The lowest BCUT2D eigenvalue weighted by atomic mass is 10.2. The molecule has 0 bridgehead atoms. The fraction of sp³-hybridized carbons (Fsp3) is 0.0455. The van der Waals surface area contributed by atoms with Crippen LogP contribution >= 0.6 is 11.8 Å². The van der Waals surface area contributed by atoms with Gasteiger partial charge in [-0.1, -0.05) is 23.9 Å². The molecule has 168 valence electrons. The number of hydrazone groups is 1. The number of nitrogens with one attached hydrogen (secondary N) is 2. The van der Waals surface area contributed by atoms with Gasteiger partial charge in [0.25, 0.3) is 5.91 Å². The molecule has 0 aliphatic carbocycles. The molecule has 0 radical (unpaired) electrons. The maximum Gasteiger partial charge on any atom is 0.339 e. The second-order valence-electron chi connectivity index (χ2n) is 6.70. The number of fused-ring (bicyclic) bond motifs is 1. The predicted octanol–water partition coefficient (Wildman–Crippen LogP) is 3.71. The Kier molecular flexibility index (Phi) is 6.71. The van der Waals surface area contributed by atoms with Gasteiger partial charge in [0.1, 0.15) is 16.5 Å². The van der Waals surface area contributed by atoms with Gasteiger partial charge in [-0.3, -0.25) is 4.79 Å². The van der Waals surface area contributed by atoms with Gasteiger partial charge in [-0.2, -0.15) is 13.5 Å². The summed E-state index contributed by atoms with van der Waals surface area (Å²) >= 11 is 1.26. The molecule has 1 amide bonds. The fourth-order valence-corrected chi connectivity index (χ4v) is 4.34. The number of hydrogen-bond acceptors (Lipinski definition) is 7. The number of carbonyl (C=O) groups excluding carboxylic acids is 1. The van der Waals surface area contributed by atoms with E-state index in [1.807, 2.05) is 24.3 Å². The zero-order chi connectivity index (χ0) is 23.3. The number of imidazole rings is 1. The molecule has 4 rings (SSSR count). The summed E-state index contributed by atoms with van der Waals surface area (Å²) < 4.78 is 42.5. The first-order valence-corrected chi connectivity index (χ1v) is 12.0. The monoisotopic (exact) mass is 484 g/mol. The summed E-state index contributed by atoms with van der Waals surface area (Å²) in [5.74, 6) is -0.631. The highest BCUT2D eigenvalue weighted by atomic mass is 32.2. The number of para-hydroxylation sites is 2. The van der Waals surface area contributed by atoms with Crippen molar-refractivity contribution >= 4 is 45.0 Å². The average Bonchev–Trinajstić information content (AvgIpc) is 3.22. The van der Waals surface area contributed by atoms with Crippen molar-refractivity contribution in [3.05, 3.63) is 84.2 Å². The van der Waals surface area contributed by atoms with Crippen LogP contribution in [-0.2, 0) is 14.9 Å². The molecule has 3 aromatic carbocycles. The smallest absolute Gasteiger partial charge is 0.339 e. The lowest BCUT2D eigenvalue weighted by Gasteiger charge is -2.07. The van der Waals surface area contributed by atoms with E-state index in [0.29, 0.717) is 10.7 Å². The summed E-state index contributed by atoms with van der Waals surface area (Å²) in [6.07, 6.45) is 1.42. The van der Waals surface area contributed by atoms with Crippen molar-refractivity contribution in [3.8, 4) is 5.75 Å². The van der Waals surface area contributed by atoms with E-state index in [1.54, 1.807) is 12.1 Å². The van der Waals surface area contributed by atoms with Crippen molar-refractivity contribution in [1.29, 1.82) is 0 Å². The van der Waals surface area contributed by atoms with Crippen LogP contribution in [0.4, 0.5) is 4.39 Å². The van der Waals surface area contributed by atoms with E-state index in [-0.39, 0.29) is 22.3 Å². The highest BCUT2D eigenvalue weighted by Crippen LogP contribution is 2.20. The lowest BCUT2D eigenvalue weighted by molar-refractivity contribution is -0.118. The molecule has 1 aromatic heterocycles. The van der Waals surface area contributed by atoms with E-state index in [2.05, 4.69) is 20.5 Å². The number of H-pyrrole nitrogens is 1. The first-order chi connectivity index (χ1) is 15.9. The fourth-order valence-electron chi connectivity index (χ4n) is 2.73. The maximum atomic E-state index is 13.0. The van der Waals surface area contributed by atoms with Gasteiger partial charge >= 0.3 is 10.1 Å². The highest BCUT2D eigenvalue weighted by Gasteiger charge is 2.16. The number of aromatic nitrogens is 2. The van der Waals surface area contributed by atoms with Gasteiger partial charge in [-0.15, -0.1) is 0 Å². The Labute approximate surface area is 193 Å². The number of halogens is 1. The van der Waals surface area contributed by atoms with E-state index < -0.39 is 15.9 Å². The van der Waals surface area contributed by atoms with Crippen molar-refractivity contribution in [1.82, 2.24) is 15.4 Å². The molecular weight excluding hydrogens is 467 g/mol. The molecule has 0 fully saturated rings. The van der Waals surface area contributed by atoms with Crippen LogP contribution in [0.15, 0.2) is 87.9 Å². The van der Waals surface area contributed by atoms with Crippen LogP contribution < -0.4 is 9.61 Å². The van der Waals surface area contributed by atoms with Crippen LogP contribution in [0.1, 0.15) is 5.56 Å². The van der Waals surface area contributed by atoms with Gasteiger partial charge in [0, 0.05) is 0 Å². The summed E-state index contributed by atoms with van der Waals surface area (Å²) in [4.78, 5) is 19.4. The SMILES string of the molecule is O=C(CSc1nc2ccccc2[nH]1)N/N=C\c1ccc(OS(=O)(=O)c2ccc(F)cc2)cc1. The van der Waals surface area contributed by atoms with Crippen LogP contribution in [0.2, 0.25) is 0 Å². The van der Waals surface area contributed by atoms with Gasteiger partial charge in [-0.05, 0) is 66.2 Å². The Morgan fingerprint density at radius 3 is 2.55 bits per heavy atom. The van der Waals surface area contributed by atoms with E-state index in [4.69, 9.17) is 4.18 Å². The average molecular weight is 485 g/mol. The number of hydrogen-bond donors (Lipinski definition) is 2. The Bertz CT molecular complexity index is 1370. The summed E-state index contributed by atoms with van der Waals surface area (Å²) in [6.45, 7) is 0. The van der Waals surface area contributed by atoms with E-state index >= 15 is 0 Å². The summed E-state index contributed by atoms with van der Waals surface area (Å²) in [5, 5.41) is 4.53. The highest BCUT2D eigenvalue weighted by molar-refractivity contribution is 7.99.